The standard InChI is InChI=1S/C11H9FN2O/c12-8(5-6-15)11-7-13-9-3-1-2-4-10(9)14-11/h1-8,15H/b6-5-. The Morgan fingerprint density at radius 2 is 2.00 bits per heavy atom. The number of benzene rings is 1. The molecule has 0 aliphatic carbocycles. The van der Waals surface area contributed by atoms with Crippen LogP contribution in [0.25, 0.3) is 11.0 Å². The fraction of sp³-hybridized carbons (Fsp3) is 0.0909. The number of aromatic nitrogens is 2. The summed E-state index contributed by atoms with van der Waals surface area (Å²) >= 11 is 0. The van der Waals surface area contributed by atoms with Gasteiger partial charge >= 0.3 is 0 Å². The van der Waals surface area contributed by atoms with E-state index in [4.69, 9.17) is 5.11 Å². The molecule has 15 heavy (non-hydrogen) atoms. The van der Waals surface area contributed by atoms with Gasteiger partial charge in [-0.25, -0.2) is 9.37 Å². The number of para-hydroxylation sites is 2. The first kappa shape index (κ1) is 9.58. The molecule has 0 aliphatic rings. The van der Waals surface area contributed by atoms with Gasteiger partial charge in [0.1, 0.15) is 0 Å². The van der Waals surface area contributed by atoms with Crippen molar-refractivity contribution in [2.75, 3.05) is 0 Å². The molecule has 2 rings (SSSR count). The normalized spacial score (nSPS) is 13.4. The van der Waals surface area contributed by atoms with Crippen molar-refractivity contribution in [3.05, 3.63) is 48.5 Å². The first-order chi connectivity index (χ1) is 7.31. The molecule has 0 fully saturated rings. The number of halogens is 1. The lowest BCUT2D eigenvalue weighted by Gasteiger charge is -2.02. The molecule has 0 radical (unpaired) electrons. The Kier molecular flexibility index (Phi) is 2.58. The molecule has 1 N–H and O–H groups in total. The minimum absolute atomic E-state index is 0.194. The second-order valence-electron chi connectivity index (χ2n) is 3.03. The van der Waals surface area contributed by atoms with Crippen LogP contribution in [0.5, 0.6) is 0 Å². The molecule has 0 saturated carbocycles. The van der Waals surface area contributed by atoms with Gasteiger partial charge in [0, 0.05) is 0 Å². The lowest BCUT2D eigenvalue weighted by molar-refractivity contribution is 0.389. The lowest BCUT2D eigenvalue weighted by Crippen LogP contribution is -1.94. The summed E-state index contributed by atoms with van der Waals surface area (Å²) in [5, 5.41) is 8.44. The zero-order chi connectivity index (χ0) is 10.7. The SMILES string of the molecule is O/C=C\C(F)c1cnc2ccccc2n1. The topological polar surface area (TPSA) is 46.0 Å². The van der Waals surface area contributed by atoms with E-state index in [-0.39, 0.29) is 5.69 Å². The number of rotatable bonds is 2. The summed E-state index contributed by atoms with van der Waals surface area (Å²) in [4.78, 5) is 8.16. The zero-order valence-electron chi connectivity index (χ0n) is 7.84. The van der Waals surface area contributed by atoms with Gasteiger partial charge in [-0.3, -0.25) is 4.98 Å². The summed E-state index contributed by atoms with van der Waals surface area (Å²) in [6.07, 6.45) is 1.62. The van der Waals surface area contributed by atoms with Crippen molar-refractivity contribution in [1.29, 1.82) is 0 Å². The van der Waals surface area contributed by atoms with Gasteiger partial charge < -0.3 is 5.11 Å². The van der Waals surface area contributed by atoms with Gasteiger partial charge in [-0.15, -0.1) is 0 Å². The van der Waals surface area contributed by atoms with Crippen LogP contribution >= 0.6 is 0 Å². The van der Waals surface area contributed by atoms with Gasteiger partial charge in [-0.05, 0) is 18.2 Å². The number of aliphatic hydroxyl groups excluding tert-OH is 1. The molecule has 76 valence electrons. The lowest BCUT2D eigenvalue weighted by atomic mass is 10.2. The first-order valence-electron chi connectivity index (χ1n) is 4.48. The first-order valence-corrected chi connectivity index (χ1v) is 4.48. The Morgan fingerprint density at radius 3 is 2.73 bits per heavy atom. The van der Waals surface area contributed by atoms with E-state index in [1.54, 1.807) is 12.1 Å². The number of hydrogen-bond acceptors (Lipinski definition) is 3. The van der Waals surface area contributed by atoms with Gasteiger partial charge in [0.15, 0.2) is 6.17 Å². The summed E-state index contributed by atoms with van der Waals surface area (Å²) in [6.45, 7) is 0. The monoisotopic (exact) mass is 204 g/mol. The Balaban J connectivity index is 2.46. The number of fused-ring (bicyclic) bond motifs is 1. The molecule has 1 unspecified atom stereocenters. The maximum absolute atomic E-state index is 13.3. The van der Waals surface area contributed by atoms with Crippen molar-refractivity contribution in [2.24, 2.45) is 0 Å². The van der Waals surface area contributed by atoms with Crippen LogP contribution < -0.4 is 0 Å². The highest BCUT2D eigenvalue weighted by atomic mass is 19.1. The number of hydrogen-bond donors (Lipinski definition) is 1. The highest BCUT2D eigenvalue weighted by molar-refractivity contribution is 5.73. The van der Waals surface area contributed by atoms with Gasteiger partial charge in [0.2, 0.25) is 0 Å². The van der Waals surface area contributed by atoms with Crippen LogP contribution in [0, 0.1) is 0 Å². The fourth-order valence-corrected chi connectivity index (χ4v) is 1.28. The summed E-state index contributed by atoms with van der Waals surface area (Å²) < 4.78 is 13.3. The predicted molar refractivity (Wildman–Crippen MR) is 55.2 cm³/mol. The Hall–Kier alpha value is -1.97. The van der Waals surface area contributed by atoms with Crippen molar-refractivity contribution >= 4 is 11.0 Å². The zero-order valence-corrected chi connectivity index (χ0v) is 7.84. The van der Waals surface area contributed by atoms with E-state index in [0.29, 0.717) is 11.8 Å². The molecule has 0 saturated heterocycles. The van der Waals surface area contributed by atoms with Gasteiger partial charge in [0.25, 0.3) is 0 Å². The second kappa shape index (κ2) is 4.04. The Bertz CT molecular complexity index is 499. The van der Waals surface area contributed by atoms with E-state index in [2.05, 4.69) is 9.97 Å². The minimum atomic E-state index is -1.42. The summed E-state index contributed by atoms with van der Waals surface area (Å²) in [6, 6.07) is 7.23. The van der Waals surface area contributed by atoms with E-state index in [0.717, 1.165) is 11.6 Å². The molecular weight excluding hydrogens is 195 g/mol. The van der Waals surface area contributed by atoms with Crippen molar-refractivity contribution in [2.45, 2.75) is 6.17 Å². The molecule has 0 aliphatic heterocycles. The smallest absolute Gasteiger partial charge is 0.165 e. The van der Waals surface area contributed by atoms with E-state index in [1.165, 1.54) is 6.20 Å². The number of alkyl halides is 1. The van der Waals surface area contributed by atoms with Gasteiger partial charge in [0.05, 0.1) is 29.2 Å². The quantitative estimate of drug-likeness (QED) is 0.765. The Labute approximate surface area is 85.9 Å². The molecule has 1 aromatic carbocycles. The van der Waals surface area contributed by atoms with Crippen LogP contribution in [0.15, 0.2) is 42.8 Å². The molecule has 2 aromatic rings. The van der Waals surface area contributed by atoms with Crippen molar-refractivity contribution in [3.8, 4) is 0 Å². The van der Waals surface area contributed by atoms with Gasteiger partial charge in [-0.1, -0.05) is 12.1 Å². The third-order valence-corrected chi connectivity index (χ3v) is 2.00. The molecule has 0 amide bonds. The third-order valence-electron chi connectivity index (χ3n) is 2.00. The van der Waals surface area contributed by atoms with Crippen LogP contribution in [0.1, 0.15) is 11.9 Å². The molecule has 1 atom stereocenters. The predicted octanol–water partition coefficient (Wildman–Crippen LogP) is 2.71. The highest BCUT2D eigenvalue weighted by Gasteiger charge is 2.08. The van der Waals surface area contributed by atoms with Crippen LogP contribution in [-0.2, 0) is 0 Å². The van der Waals surface area contributed by atoms with Crippen LogP contribution in [-0.4, -0.2) is 15.1 Å². The average molecular weight is 204 g/mol. The summed E-state index contributed by atoms with van der Waals surface area (Å²) in [5.74, 6) is 0. The summed E-state index contributed by atoms with van der Waals surface area (Å²) in [5.41, 5.74) is 1.56. The molecule has 3 nitrogen and oxygen atoms in total. The molecule has 0 spiro atoms. The Morgan fingerprint density at radius 1 is 1.27 bits per heavy atom. The van der Waals surface area contributed by atoms with Crippen LogP contribution in [0.3, 0.4) is 0 Å². The van der Waals surface area contributed by atoms with E-state index in [1.807, 2.05) is 12.1 Å². The molecular formula is C11H9FN2O. The second-order valence-corrected chi connectivity index (χ2v) is 3.03. The van der Waals surface area contributed by atoms with E-state index in [9.17, 15) is 4.39 Å². The maximum atomic E-state index is 13.3. The number of nitrogens with zero attached hydrogens (tertiary/aromatic N) is 2. The third kappa shape index (κ3) is 1.93. The molecule has 0 bridgehead atoms. The van der Waals surface area contributed by atoms with Crippen molar-refractivity contribution in [1.82, 2.24) is 9.97 Å². The van der Waals surface area contributed by atoms with Gasteiger partial charge in [-0.2, -0.15) is 0 Å². The van der Waals surface area contributed by atoms with Crippen LogP contribution in [0.4, 0.5) is 4.39 Å². The largest absolute Gasteiger partial charge is 0.516 e. The molecule has 1 aromatic heterocycles. The minimum Gasteiger partial charge on any atom is -0.516 e. The average Bonchev–Trinajstić information content (AvgIpc) is 2.29. The molecule has 1 heterocycles. The van der Waals surface area contributed by atoms with E-state index >= 15 is 0 Å². The summed E-state index contributed by atoms with van der Waals surface area (Å²) in [7, 11) is 0. The van der Waals surface area contributed by atoms with E-state index < -0.39 is 6.17 Å². The highest BCUT2D eigenvalue weighted by Crippen LogP contribution is 2.18. The maximum Gasteiger partial charge on any atom is 0.165 e. The van der Waals surface area contributed by atoms with Crippen molar-refractivity contribution in [3.63, 3.8) is 0 Å². The number of allylic oxidation sites excluding steroid dienone is 1. The van der Waals surface area contributed by atoms with Crippen molar-refractivity contribution < 1.29 is 9.50 Å². The van der Waals surface area contributed by atoms with Crippen LogP contribution in [0.2, 0.25) is 0 Å². The molecule has 4 heteroatoms. The fourth-order valence-electron chi connectivity index (χ4n) is 1.28. The number of aliphatic hydroxyl groups is 1.